The fourth-order valence-electron chi connectivity index (χ4n) is 1.68. The highest BCUT2D eigenvalue weighted by atomic mass is 16.5. The number of hydrogen-bond donors (Lipinski definition) is 2. The summed E-state index contributed by atoms with van der Waals surface area (Å²) in [7, 11) is 0. The lowest BCUT2D eigenvalue weighted by molar-refractivity contribution is 0.0930. The first kappa shape index (κ1) is 13.8. The van der Waals surface area contributed by atoms with E-state index >= 15 is 0 Å². The molecule has 5 nitrogen and oxygen atoms in total. The summed E-state index contributed by atoms with van der Waals surface area (Å²) in [5.41, 5.74) is 2.02. The summed E-state index contributed by atoms with van der Waals surface area (Å²) in [6.07, 6.45) is 1.36. The highest BCUT2D eigenvalue weighted by Gasteiger charge is 2.13. The van der Waals surface area contributed by atoms with Crippen molar-refractivity contribution < 1.29 is 14.4 Å². The second-order valence-electron chi connectivity index (χ2n) is 4.16. The van der Waals surface area contributed by atoms with Crippen LogP contribution in [0, 0.1) is 11.8 Å². The molecule has 0 bridgehead atoms. The van der Waals surface area contributed by atoms with Crippen LogP contribution in [0.5, 0.6) is 0 Å². The summed E-state index contributed by atoms with van der Waals surface area (Å²) in [6.45, 7) is 1.72. The number of nitrogens with zero attached hydrogens (tertiary/aromatic N) is 1. The van der Waals surface area contributed by atoms with Crippen LogP contribution < -0.4 is 5.32 Å². The number of aliphatic hydroxyl groups is 1. The number of aliphatic hydroxyl groups excluding tert-OH is 1. The average molecular weight is 270 g/mol. The van der Waals surface area contributed by atoms with Crippen molar-refractivity contribution in [2.75, 3.05) is 6.61 Å². The van der Waals surface area contributed by atoms with E-state index in [1.165, 1.54) is 12.3 Å². The fraction of sp³-hybridized carbons (Fsp3) is 0.200. The van der Waals surface area contributed by atoms with Crippen molar-refractivity contribution >= 4 is 5.91 Å². The first-order chi connectivity index (χ1) is 9.70. The van der Waals surface area contributed by atoms with Gasteiger partial charge in [0.1, 0.15) is 12.9 Å². The van der Waals surface area contributed by atoms with Crippen LogP contribution in [0.25, 0.3) is 0 Å². The number of carbonyl (C=O) groups excluding carboxylic acids is 1. The predicted octanol–water partition coefficient (Wildman–Crippen LogP) is 1.51. The van der Waals surface area contributed by atoms with Crippen molar-refractivity contribution in [2.45, 2.75) is 13.0 Å². The summed E-state index contributed by atoms with van der Waals surface area (Å²) in [5, 5.41) is 15.0. The Morgan fingerprint density at radius 2 is 2.15 bits per heavy atom. The second-order valence-corrected chi connectivity index (χ2v) is 4.16. The zero-order chi connectivity index (χ0) is 14.4. The van der Waals surface area contributed by atoms with Gasteiger partial charge < -0.3 is 14.9 Å². The Labute approximate surface area is 116 Å². The third-order valence-electron chi connectivity index (χ3n) is 2.74. The Bertz CT molecular complexity index is 621. The van der Waals surface area contributed by atoms with Crippen molar-refractivity contribution in [1.82, 2.24) is 10.5 Å². The Hall–Kier alpha value is -2.58. The molecule has 2 rings (SSSR count). The van der Waals surface area contributed by atoms with Crippen molar-refractivity contribution in [3.8, 4) is 11.8 Å². The van der Waals surface area contributed by atoms with Gasteiger partial charge in [0.2, 0.25) is 0 Å². The molecule has 1 unspecified atom stereocenters. The topological polar surface area (TPSA) is 75.4 Å². The number of carbonyl (C=O) groups is 1. The molecule has 2 aromatic rings. The van der Waals surface area contributed by atoms with E-state index < -0.39 is 0 Å². The Morgan fingerprint density at radius 1 is 1.40 bits per heavy atom. The zero-order valence-corrected chi connectivity index (χ0v) is 11.0. The molecule has 0 radical (unpaired) electrons. The maximum atomic E-state index is 11.8. The summed E-state index contributed by atoms with van der Waals surface area (Å²) in [5.74, 6) is 5.11. The summed E-state index contributed by atoms with van der Waals surface area (Å²) in [6, 6.07) is 8.81. The maximum Gasteiger partial charge on any atom is 0.273 e. The number of nitrogens with one attached hydrogen (secondary N) is 1. The van der Waals surface area contributed by atoms with Crippen LogP contribution in [0.15, 0.2) is 41.1 Å². The molecule has 1 heterocycles. The molecule has 2 N–H and O–H groups in total. The summed E-state index contributed by atoms with van der Waals surface area (Å²) in [4.78, 5) is 11.8. The third-order valence-corrected chi connectivity index (χ3v) is 2.74. The Kier molecular flexibility index (Phi) is 4.53. The molecule has 20 heavy (non-hydrogen) atoms. The summed E-state index contributed by atoms with van der Waals surface area (Å²) >= 11 is 0. The molecule has 0 fully saturated rings. The molecule has 0 aliphatic carbocycles. The lowest BCUT2D eigenvalue weighted by Gasteiger charge is -2.13. The molecular formula is C15H14N2O3. The Balaban J connectivity index is 2.02. The van der Waals surface area contributed by atoms with Crippen molar-refractivity contribution in [3.05, 3.63) is 53.4 Å². The van der Waals surface area contributed by atoms with Gasteiger partial charge in [0.15, 0.2) is 5.69 Å². The fourth-order valence-corrected chi connectivity index (χ4v) is 1.68. The minimum Gasteiger partial charge on any atom is -0.384 e. The zero-order valence-electron chi connectivity index (χ0n) is 11.0. The van der Waals surface area contributed by atoms with E-state index in [4.69, 9.17) is 5.11 Å². The van der Waals surface area contributed by atoms with E-state index in [0.717, 1.165) is 11.1 Å². The van der Waals surface area contributed by atoms with Crippen LogP contribution in [-0.4, -0.2) is 22.8 Å². The van der Waals surface area contributed by atoms with E-state index in [9.17, 15) is 4.79 Å². The SMILES string of the molecule is CC(NC(=O)c1ccon1)c1ccc(C#CCO)cc1. The largest absolute Gasteiger partial charge is 0.384 e. The van der Waals surface area contributed by atoms with E-state index in [1.807, 2.05) is 31.2 Å². The summed E-state index contributed by atoms with van der Waals surface area (Å²) < 4.78 is 4.63. The van der Waals surface area contributed by atoms with Gasteiger partial charge in [-0.05, 0) is 24.6 Å². The van der Waals surface area contributed by atoms with Gasteiger partial charge in [0.25, 0.3) is 5.91 Å². The van der Waals surface area contributed by atoms with Crippen LogP contribution in [0.1, 0.15) is 34.6 Å². The van der Waals surface area contributed by atoms with E-state index in [1.54, 1.807) is 0 Å². The monoisotopic (exact) mass is 270 g/mol. The van der Waals surface area contributed by atoms with Crippen LogP contribution in [0.2, 0.25) is 0 Å². The highest BCUT2D eigenvalue weighted by Crippen LogP contribution is 2.13. The average Bonchev–Trinajstić information content (AvgIpc) is 3.00. The first-order valence-corrected chi connectivity index (χ1v) is 6.11. The predicted molar refractivity (Wildman–Crippen MR) is 72.8 cm³/mol. The van der Waals surface area contributed by atoms with Gasteiger partial charge in [-0.3, -0.25) is 4.79 Å². The lowest BCUT2D eigenvalue weighted by atomic mass is 10.1. The molecule has 1 atom stereocenters. The molecule has 1 aromatic heterocycles. The quantitative estimate of drug-likeness (QED) is 0.829. The minimum atomic E-state index is -0.282. The van der Waals surface area contributed by atoms with Gasteiger partial charge in [0.05, 0.1) is 6.04 Å². The molecule has 1 aromatic carbocycles. The van der Waals surface area contributed by atoms with Crippen molar-refractivity contribution in [3.63, 3.8) is 0 Å². The lowest BCUT2D eigenvalue weighted by Crippen LogP contribution is -2.26. The van der Waals surface area contributed by atoms with Crippen molar-refractivity contribution in [1.29, 1.82) is 0 Å². The van der Waals surface area contributed by atoms with Crippen LogP contribution in [0.4, 0.5) is 0 Å². The van der Waals surface area contributed by atoms with Gasteiger partial charge in [-0.2, -0.15) is 0 Å². The van der Waals surface area contributed by atoms with Gasteiger partial charge in [0, 0.05) is 11.6 Å². The molecular weight excluding hydrogens is 256 g/mol. The van der Waals surface area contributed by atoms with E-state index in [2.05, 4.69) is 26.8 Å². The number of benzene rings is 1. The normalized spacial score (nSPS) is 11.3. The number of hydrogen-bond acceptors (Lipinski definition) is 4. The highest BCUT2D eigenvalue weighted by molar-refractivity contribution is 5.92. The maximum absolute atomic E-state index is 11.8. The van der Waals surface area contributed by atoms with E-state index in [-0.39, 0.29) is 24.2 Å². The molecule has 0 aliphatic rings. The van der Waals surface area contributed by atoms with Gasteiger partial charge >= 0.3 is 0 Å². The molecule has 0 saturated heterocycles. The molecule has 102 valence electrons. The molecule has 1 amide bonds. The molecule has 0 saturated carbocycles. The minimum absolute atomic E-state index is 0.154. The van der Waals surface area contributed by atoms with Crippen LogP contribution >= 0.6 is 0 Å². The van der Waals surface area contributed by atoms with Crippen molar-refractivity contribution in [2.24, 2.45) is 0 Å². The van der Waals surface area contributed by atoms with Gasteiger partial charge in [-0.25, -0.2) is 0 Å². The van der Waals surface area contributed by atoms with E-state index in [0.29, 0.717) is 0 Å². The molecule has 0 spiro atoms. The van der Waals surface area contributed by atoms with Crippen LogP contribution in [-0.2, 0) is 0 Å². The third kappa shape index (κ3) is 3.46. The smallest absolute Gasteiger partial charge is 0.273 e. The second kappa shape index (κ2) is 6.55. The number of amides is 1. The molecule has 0 aliphatic heterocycles. The number of aromatic nitrogens is 1. The van der Waals surface area contributed by atoms with Gasteiger partial charge in [-0.1, -0.05) is 29.1 Å². The standard InChI is InChI=1S/C15H14N2O3/c1-11(16-15(19)14-8-10-20-17-14)13-6-4-12(5-7-13)3-2-9-18/h4-8,10-11,18H,9H2,1H3,(H,16,19). The first-order valence-electron chi connectivity index (χ1n) is 6.11. The Morgan fingerprint density at radius 3 is 2.75 bits per heavy atom. The molecule has 5 heteroatoms. The van der Waals surface area contributed by atoms with Gasteiger partial charge in [-0.15, -0.1) is 0 Å². The number of rotatable bonds is 3. The van der Waals surface area contributed by atoms with Crippen LogP contribution in [0.3, 0.4) is 0 Å².